The topological polar surface area (TPSA) is 161 Å². The summed E-state index contributed by atoms with van der Waals surface area (Å²) < 4.78 is 68.1. The number of benzene rings is 1. The van der Waals surface area contributed by atoms with E-state index in [4.69, 9.17) is 18.6 Å². The Morgan fingerprint density at radius 1 is 1.22 bits per heavy atom. The minimum atomic E-state index is -4.10. The number of halogens is 1. The molecule has 5 heterocycles. The summed E-state index contributed by atoms with van der Waals surface area (Å²) in [5.41, 5.74) is -2.83. The zero-order valence-corrected chi connectivity index (χ0v) is 30.0. The molecule has 1 saturated carbocycles. The van der Waals surface area contributed by atoms with Crippen molar-refractivity contribution in [3.05, 3.63) is 68.4 Å². The van der Waals surface area contributed by atoms with E-state index in [9.17, 15) is 27.2 Å². The van der Waals surface area contributed by atoms with Crippen LogP contribution in [0.15, 0.2) is 44.7 Å². The first kappa shape index (κ1) is 34.6. The Labute approximate surface area is 291 Å². The normalized spacial score (nSPS) is 22.1. The summed E-state index contributed by atoms with van der Waals surface area (Å²) in [5.74, 6) is -1.00. The van der Waals surface area contributed by atoms with Gasteiger partial charge in [-0.05, 0) is 90.0 Å². The van der Waals surface area contributed by atoms with E-state index in [0.717, 1.165) is 28.7 Å². The molecule has 3 fully saturated rings. The Morgan fingerprint density at radius 3 is 2.54 bits per heavy atom. The van der Waals surface area contributed by atoms with Gasteiger partial charge in [-0.15, -0.1) is 11.3 Å². The van der Waals surface area contributed by atoms with E-state index in [2.05, 4.69) is 9.71 Å². The first-order valence-corrected chi connectivity index (χ1v) is 18.8. The maximum absolute atomic E-state index is 14.9. The summed E-state index contributed by atoms with van der Waals surface area (Å²) in [6, 6.07) is 4.05. The van der Waals surface area contributed by atoms with Crippen molar-refractivity contribution in [2.24, 2.45) is 0 Å². The van der Waals surface area contributed by atoms with Gasteiger partial charge in [0.2, 0.25) is 15.9 Å². The van der Waals surface area contributed by atoms with Crippen molar-refractivity contribution >= 4 is 37.5 Å². The monoisotopic (exact) mass is 730 g/mol. The number of sulfonamides is 1. The van der Waals surface area contributed by atoms with Crippen LogP contribution in [-0.2, 0) is 36.4 Å². The van der Waals surface area contributed by atoms with Crippen molar-refractivity contribution < 1.29 is 36.2 Å². The van der Waals surface area contributed by atoms with Crippen molar-refractivity contribution in [3.63, 3.8) is 0 Å². The third-order valence-electron chi connectivity index (χ3n) is 10.3. The number of fused-ring (bicyclic) bond motifs is 3. The zero-order chi connectivity index (χ0) is 35.7. The van der Waals surface area contributed by atoms with Crippen molar-refractivity contribution in [3.8, 4) is 16.5 Å². The first-order valence-electron chi connectivity index (χ1n) is 16.5. The highest BCUT2D eigenvalue weighted by Gasteiger charge is 2.52. The van der Waals surface area contributed by atoms with Crippen molar-refractivity contribution in [2.75, 3.05) is 7.11 Å². The third kappa shape index (κ3) is 5.89. The standard InChI is InChI=1S/C34H39FN4O9S2/c1-18-26-29(40)39(33(2,3)31(41)37-50(43,44)34(4)10-11-34)32(42)38(30(26)49-27(18)28-36-12-13-46-28)17-25(23-14-19(35)6-9-24(23)45-5)48-22-15-20-7-8-21(16-22)47-20/h6,9,12-14,20-22,25H,7-8,10-11,15-17H2,1-5H3,(H,37,41)/t20-,21+,22?,25-/m0/s1. The maximum atomic E-state index is 14.9. The molecular weight excluding hydrogens is 692 g/mol. The average Bonchev–Trinajstić information content (AvgIpc) is 3.35. The lowest BCUT2D eigenvalue weighted by atomic mass is 10.0. The van der Waals surface area contributed by atoms with Gasteiger partial charge in [0, 0.05) is 5.56 Å². The zero-order valence-electron chi connectivity index (χ0n) is 28.4. The number of thiophene rings is 1. The van der Waals surface area contributed by atoms with Gasteiger partial charge in [-0.25, -0.2) is 27.2 Å². The highest BCUT2D eigenvalue weighted by molar-refractivity contribution is 7.91. The Morgan fingerprint density at radius 2 is 1.92 bits per heavy atom. The second kappa shape index (κ2) is 12.4. The number of methoxy groups -OCH3 is 1. The quantitative estimate of drug-likeness (QED) is 0.232. The lowest BCUT2D eigenvalue weighted by Crippen LogP contribution is -2.57. The highest BCUT2D eigenvalue weighted by Crippen LogP contribution is 2.43. The molecule has 1 unspecified atom stereocenters. The van der Waals surface area contributed by atoms with Crippen molar-refractivity contribution in [2.45, 2.75) is 107 Å². The van der Waals surface area contributed by atoms with Crippen LogP contribution in [-0.4, -0.2) is 58.6 Å². The smallest absolute Gasteiger partial charge is 0.333 e. The van der Waals surface area contributed by atoms with E-state index in [1.807, 2.05) is 0 Å². The molecule has 0 spiro atoms. The number of hydrogen-bond acceptors (Lipinski definition) is 11. The molecule has 1 aliphatic carbocycles. The van der Waals surface area contributed by atoms with Gasteiger partial charge in [-0.1, -0.05) is 0 Å². The maximum Gasteiger partial charge on any atom is 0.333 e. The second-order valence-electron chi connectivity index (χ2n) is 14.1. The van der Waals surface area contributed by atoms with Gasteiger partial charge in [0.25, 0.3) is 11.5 Å². The Hall–Kier alpha value is -3.86. The molecule has 4 atom stereocenters. The number of ether oxygens (including phenoxy) is 3. The number of carbonyl (C=O) groups excluding carboxylic acids is 1. The molecular formula is C34H39FN4O9S2. The van der Waals surface area contributed by atoms with Crippen LogP contribution in [0.25, 0.3) is 21.0 Å². The van der Waals surface area contributed by atoms with E-state index in [0.29, 0.717) is 47.4 Å². The van der Waals surface area contributed by atoms with Crippen LogP contribution < -0.4 is 20.7 Å². The molecule has 268 valence electrons. The van der Waals surface area contributed by atoms with E-state index in [1.165, 1.54) is 63.1 Å². The number of oxazole rings is 1. The molecule has 3 aliphatic rings. The van der Waals surface area contributed by atoms with Crippen LogP contribution in [0, 0.1) is 12.7 Å². The number of hydrogen-bond donors (Lipinski definition) is 1. The van der Waals surface area contributed by atoms with E-state index >= 15 is 0 Å². The summed E-state index contributed by atoms with van der Waals surface area (Å²) in [5, 5.41) is 0.120. The number of aryl methyl sites for hydroxylation is 1. The number of amides is 1. The fourth-order valence-electron chi connectivity index (χ4n) is 6.95. The Bertz CT molecular complexity index is 2190. The van der Waals surface area contributed by atoms with Crippen LogP contribution >= 0.6 is 11.3 Å². The van der Waals surface area contributed by atoms with Crippen LogP contribution in [0.2, 0.25) is 0 Å². The fourth-order valence-corrected chi connectivity index (χ4v) is 9.57. The van der Waals surface area contributed by atoms with Gasteiger partial charge < -0.3 is 18.6 Å². The molecule has 1 N–H and O–H groups in total. The molecule has 2 bridgehead atoms. The first-order chi connectivity index (χ1) is 23.6. The Kier molecular flexibility index (Phi) is 8.59. The summed E-state index contributed by atoms with van der Waals surface area (Å²) >= 11 is 1.11. The van der Waals surface area contributed by atoms with Gasteiger partial charge in [-0.3, -0.25) is 18.9 Å². The molecule has 4 aromatic rings. The fraction of sp³-hybridized carbons (Fsp3) is 0.529. The van der Waals surface area contributed by atoms with Crippen LogP contribution in [0.1, 0.15) is 76.5 Å². The molecule has 1 amide bonds. The van der Waals surface area contributed by atoms with Gasteiger partial charge in [0.15, 0.2) is 0 Å². The molecule has 13 nitrogen and oxygen atoms in total. The molecule has 1 aromatic carbocycles. The summed E-state index contributed by atoms with van der Waals surface area (Å²) in [4.78, 5) is 47.9. The predicted octanol–water partition coefficient (Wildman–Crippen LogP) is 4.54. The predicted molar refractivity (Wildman–Crippen MR) is 182 cm³/mol. The molecule has 2 aliphatic heterocycles. The second-order valence-corrected chi connectivity index (χ2v) is 17.3. The van der Waals surface area contributed by atoms with Gasteiger partial charge >= 0.3 is 5.69 Å². The van der Waals surface area contributed by atoms with E-state index in [-0.39, 0.29) is 41.0 Å². The lowest BCUT2D eigenvalue weighted by Gasteiger charge is -2.33. The minimum Gasteiger partial charge on any atom is -0.496 e. The summed E-state index contributed by atoms with van der Waals surface area (Å²) in [6.45, 7) is 5.66. The number of nitrogens with one attached hydrogen (secondary N) is 1. The molecule has 0 radical (unpaired) electrons. The molecule has 2 saturated heterocycles. The minimum absolute atomic E-state index is 0.0296. The Balaban J connectivity index is 1.40. The summed E-state index contributed by atoms with van der Waals surface area (Å²) in [6.07, 6.45) is 5.49. The molecule has 16 heteroatoms. The number of carbonyl (C=O) groups is 1. The number of nitrogens with zero attached hydrogens (tertiary/aromatic N) is 3. The molecule has 50 heavy (non-hydrogen) atoms. The van der Waals surface area contributed by atoms with Gasteiger partial charge in [0.05, 0.1) is 53.2 Å². The van der Waals surface area contributed by atoms with Crippen LogP contribution in [0.3, 0.4) is 0 Å². The van der Waals surface area contributed by atoms with E-state index in [1.54, 1.807) is 6.92 Å². The summed E-state index contributed by atoms with van der Waals surface area (Å²) in [7, 11) is -2.64. The number of rotatable bonds is 11. The van der Waals surface area contributed by atoms with Gasteiger partial charge in [0.1, 0.15) is 34.3 Å². The molecule has 3 aromatic heterocycles. The van der Waals surface area contributed by atoms with E-state index < -0.39 is 49.4 Å². The third-order valence-corrected chi connectivity index (χ3v) is 13.7. The largest absolute Gasteiger partial charge is 0.496 e. The van der Waals surface area contributed by atoms with Gasteiger partial charge in [-0.2, -0.15) is 0 Å². The van der Waals surface area contributed by atoms with Crippen LogP contribution in [0.5, 0.6) is 5.75 Å². The number of aromatic nitrogens is 3. The molecule has 7 rings (SSSR count). The van der Waals surface area contributed by atoms with Crippen LogP contribution in [0.4, 0.5) is 4.39 Å². The lowest BCUT2D eigenvalue weighted by molar-refractivity contribution is -0.126. The highest BCUT2D eigenvalue weighted by atomic mass is 32.2. The average molecular weight is 731 g/mol. The van der Waals surface area contributed by atoms with Crippen molar-refractivity contribution in [1.82, 2.24) is 18.8 Å². The SMILES string of the molecule is COc1ccc(F)cc1[C@H](Cn1c(=O)n(C(C)(C)C(=O)NS(=O)(=O)C2(C)CC2)c(=O)c2c(C)c(-c3ncco3)sc21)OC1C[C@H]2CC[C@@H](C1)O2. The van der Waals surface area contributed by atoms with Crippen molar-refractivity contribution in [1.29, 1.82) is 0 Å².